The highest BCUT2D eigenvalue weighted by Crippen LogP contribution is 2.28. The van der Waals surface area contributed by atoms with Crippen molar-refractivity contribution in [3.05, 3.63) is 68.7 Å². The van der Waals surface area contributed by atoms with Crippen molar-refractivity contribution < 1.29 is 27.1 Å². The summed E-state index contributed by atoms with van der Waals surface area (Å²) >= 11 is 5.98. The number of alkyl carbamates (subject to hydrolysis) is 1. The van der Waals surface area contributed by atoms with Crippen molar-refractivity contribution in [1.29, 1.82) is 0 Å². The fraction of sp³-hybridized carbons (Fsp3) is 0.318. The Morgan fingerprint density at radius 1 is 1.18 bits per heavy atom. The highest BCUT2D eigenvalue weighted by molar-refractivity contribution is 6.35. The van der Waals surface area contributed by atoms with Crippen LogP contribution in [0, 0.1) is 11.6 Å². The molecule has 2 aromatic carbocycles. The predicted octanol–water partition coefficient (Wildman–Crippen LogP) is 5.84. The Morgan fingerprint density at radius 2 is 1.85 bits per heavy atom. The first-order valence-corrected chi connectivity index (χ1v) is 10.2. The molecule has 3 rings (SSSR count). The van der Waals surface area contributed by atoms with Crippen molar-refractivity contribution in [2.75, 3.05) is 0 Å². The number of amides is 1. The molecule has 0 bridgehead atoms. The van der Waals surface area contributed by atoms with Crippen LogP contribution in [0.3, 0.4) is 0 Å². The van der Waals surface area contributed by atoms with Crippen molar-refractivity contribution >= 4 is 28.6 Å². The lowest BCUT2D eigenvalue weighted by molar-refractivity contribution is 0.0505. The molecule has 0 aliphatic rings. The minimum Gasteiger partial charge on any atom is -0.444 e. The van der Waals surface area contributed by atoms with E-state index in [4.69, 9.17) is 16.3 Å². The summed E-state index contributed by atoms with van der Waals surface area (Å²) in [5, 5.41) is 1.65. The molecule has 1 heterocycles. The number of carbonyl (C=O) groups excluding carboxylic acids is 1. The van der Waals surface area contributed by atoms with E-state index >= 15 is 0 Å². The molecule has 1 N–H and O–H groups in total. The molecule has 0 aliphatic carbocycles. The third-order valence-corrected chi connectivity index (χ3v) is 4.86. The van der Waals surface area contributed by atoms with Gasteiger partial charge in [0.2, 0.25) is 0 Å². The summed E-state index contributed by atoms with van der Waals surface area (Å²) in [4.78, 5) is 29.9. The molecule has 3 aromatic rings. The van der Waals surface area contributed by atoms with Gasteiger partial charge in [0.15, 0.2) is 0 Å². The third kappa shape index (κ3) is 5.27. The molecular formula is C22H20ClF4N3O3. The number of hydrogen-bond donors (Lipinski definition) is 1. The third-order valence-electron chi connectivity index (χ3n) is 4.49. The highest BCUT2D eigenvalue weighted by atomic mass is 35.5. The van der Waals surface area contributed by atoms with Gasteiger partial charge in [0.25, 0.3) is 12.0 Å². The molecule has 176 valence electrons. The van der Waals surface area contributed by atoms with E-state index in [1.807, 2.05) is 0 Å². The van der Waals surface area contributed by atoms with Crippen molar-refractivity contribution in [2.24, 2.45) is 0 Å². The maximum atomic E-state index is 14.1. The van der Waals surface area contributed by atoms with Crippen molar-refractivity contribution in [3.8, 4) is 5.69 Å². The van der Waals surface area contributed by atoms with Gasteiger partial charge in [-0.05, 0) is 58.0 Å². The lowest BCUT2D eigenvalue weighted by atomic mass is 10.1. The topological polar surface area (TPSA) is 73.2 Å². The van der Waals surface area contributed by atoms with Gasteiger partial charge in [-0.25, -0.2) is 27.3 Å². The number of aromatic nitrogens is 2. The number of ether oxygens (including phenoxy) is 1. The lowest BCUT2D eigenvalue weighted by Crippen LogP contribution is -2.37. The smallest absolute Gasteiger partial charge is 0.408 e. The number of nitrogens with one attached hydrogen (secondary N) is 1. The minimum atomic E-state index is -3.02. The van der Waals surface area contributed by atoms with E-state index in [2.05, 4.69) is 10.3 Å². The molecule has 0 aliphatic heterocycles. The minimum absolute atomic E-state index is 0.000903. The van der Waals surface area contributed by atoms with Gasteiger partial charge >= 0.3 is 6.09 Å². The van der Waals surface area contributed by atoms with Crippen LogP contribution in [0.5, 0.6) is 0 Å². The van der Waals surface area contributed by atoms with E-state index in [1.54, 1.807) is 20.8 Å². The second kappa shape index (κ2) is 9.01. The first kappa shape index (κ1) is 24.5. The Morgan fingerprint density at radius 3 is 2.45 bits per heavy atom. The summed E-state index contributed by atoms with van der Waals surface area (Å²) in [5.74, 6) is -2.06. The zero-order chi connectivity index (χ0) is 24.7. The van der Waals surface area contributed by atoms with Gasteiger partial charge in [-0.1, -0.05) is 11.6 Å². The Bertz CT molecular complexity index is 1290. The molecule has 11 heteroatoms. The highest BCUT2D eigenvalue weighted by Gasteiger charge is 2.25. The summed E-state index contributed by atoms with van der Waals surface area (Å²) in [6, 6.07) is 3.59. The first-order valence-electron chi connectivity index (χ1n) is 9.77. The molecule has 33 heavy (non-hydrogen) atoms. The van der Waals surface area contributed by atoms with Crippen LogP contribution >= 0.6 is 11.6 Å². The molecule has 0 unspecified atom stereocenters. The van der Waals surface area contributed by atoms with Crippen LogP contribution in [0.1, 0.15) is 51.6 Å². The number of fused-ring (bicyclic) bond motifs is 1. The SMILES string of the molecule is C[C@H](NC(=O)OC(C)(C)C)c1nc2ccc(F)c(Cl)c2c(=O)n1-c1cc(F)cc(C(F)F)c1. The summed E-state index contributed by atoms with van der Waals surface area (Å²) < 4.78 is 60.8. The number of alkyl halides is 2. The zero-order valence-corrected chi connectivity index (χ0v) is 18.8. The van der Waals surface area contributed by atoms with E-state index in [-0.39, 0.29) is 22.4 Å². The van der Waals surface area contributed by atoms with Crippen LogP contribution in [-0.2, 0) is 4.74 Å². The average molecular weight is 486 g/mol. The van der Waals surface area contributed by atoms with Gasteiger partial charge in [-0.15, -0.1) is 0 Å². The van der Waals surface area contributed by atoms with Gasteiger partial charge in [-0.2, -0.15) is 0 Å². The maximum absolute atomic E-state index is 14.1. The molecular weight excluding hydrogens is 466 g/mol. The van der Waals surface area contributed by atoms with Gasteiger partial charge in [0.05, 0.1) is 27.7 Å². The quantitative estimate of drug-likeness (QED) is 0.471. The number of hydrogen-bond acceptors (Lipinski definition) is 4. The van der Waals surface area contributed by atoms with Gasteiger partial charge in [0, 0.05) is 5.56 Å². The zero-order valence-electron chi connectivity index (χ0n) is 18.1. The largest absolute Gasteiger partial charge is 0.444 e. The van der Waals surface area contributed by atoms with Crippen molar-refractivity contribution in [1.82, 2.24) is 14.9 Å². The first-order chi connectivity index (χ1) is 15.3. The molecule has 0 radical (unpaired) electrons. The van der Waals surface area contributed by atoms with Crippen LogP contribution in [0.25, 0.3) is 16.6 Å². The molecule has 1 atom stereocenters. The monoisotopic (exact) mass is 485 g/mol. The van der Waals surface area contributed by atoms with E-state index < -0.39 is 51.9 Å². The van der Waals surface area contributed by atoms with Crippen molar-refractivity contribution in [2.45, 2.75) is 45.8 Å². The summed E-state index contributed by atoms with van der Waals surface area (Å²) in [6.07, 6.45) is -3.86. The van der Waals surface area contributed by atoms with Gasteiger partial charge in [0.1, 0.15) is 23.1 Å². The van der Waals surface area contributed by atoms with Crippen molar-refractivity contribution in [3.63, 3.8) is 0 Å². The second-order valence-electron chi connectivity index (χ2n) is 8.28. The molecule has 1 aromatic heterocycles. The number of benzene rings is 2. The second-order valence-corrected chi connectivity index (χ2v) is 8.66. The van der Waals surface area contributed by atoms with Crippen LogP contribution < -0.4 is 10.9 Å². The van der Waals surface area contributed by atoms with Crippen LogP contribution in [0.15, 0.2) is 35.1 Å². The molecule has 0 saturated carbocycles. The standard InChI is InChI=1S/C22H20ClF4N3O3/c1-10(28-21(32)33-22(2,3)4)19-29-15-6-5-14(25)17(23)16(15)20(31)30(19)13-8-11(18(26)27)7-12(24)9-13/h5-10,18H,1-4H3,(H,28,32)/t10-/m0/s1. The van der Waals surface area contributed by atoms with Gasteiger partial charge < -0.3 is 10.1 Å². The maximum Gasteiger partial charge on any atom is 0.408 e. The number of rotatable bonds is 4. The molecule has 6 nitrogen and oxygen atoms in total. The molecule has 0 fully saturated rings. The van der Waals surface area contributed by atoms with E-state index in [0.29, 0.717) is 6.07 Å². The number of carbonyl (C=O) groups is 1. The van der Waals surface area contributed by atoms with E-state index in [0.717, 1.165) is 22.8 Å². The molecule has 0 spiro atoms. The Kier molecular flexibility index (Phi) is 6.69. The number of nitrogens with zero attached hydrogens (tertiary/aromatic N) is 2. The molecule has 0 saturated heterocycles. The van der Waals surface area contributed by atoms with E-state index in [9.17, 15) is 27.2 Å². The van der Waals surface area contributed by atoms with Crippen LogP contribution in [0.4, 0.5) is 22.4 Å². The van der Waals surface area contributed by atoms with Gasteiger partial charge in [-0.3, -0.25) is 9.36 Å². The fourth-order valence-corrected chi connectivity index (χ4v) is 3.41. The Labute approximate surface area is 191 Å². The number of halogens is 5. The summed E-state index contributed by atoms with van der Waals surface area (Å²) in [6.45, 7) is 6.41. The Balaban J connectivity index is 2.28. The normalized spacial score (nSPS) is 12.8. The van der Waals surface area contributed by atoms with Crippen LogP contribution in [-0.4, -0.2) is 21.2 Å². The fourth-order valence-electron chi connectivity index (χ4n) is 3.17. The van der Waals surface area contributed by atoms with E-state index in [1.165, 1.54) is 13.0 Å². The summed E-state index contributed by atoms with van der Waals surface area (Å²) in [7, 11) is 0. The summed E-state index contributed by atoms with van der Waals surface area (Å²) in [5.41, 5.74) is -2.72. The average Bonchev–Trinajstić information content (AvgIpc) is 2.68. The predicted molar refractivity (Wildman–Crippen MR) is 115 cm³/mol. The lowest BCUT2D eigenvalue weighted by Gasteiger charge is -2.23. The van der Waals surface area contributed by atoms with Crippen LogP contribution in [0.2, 0.25) is 5.02 Å². The Hall–Kier alpha value is -3.14. The molecule has 1 amide bonds.